The molecule has 0 radical (unpaired) electrons. The van der Waals surface area contributed by atoms with Crippen molar-refractivity contribution in [2.24, 2.45) is 0 Å². The summed E-state index contributed by atoms with van der Waals surface area (Å²) < 4.78 is 0. The molecule has 6 N–H and O–H groups in total. The van der Waals surface area contributed by atoms with Crippen LogP contribution in [0.4, 0.5) is 0 Å². The Kier molecular flexibility index (Phi) is 12.7. The molecular weight excluding hydrogens is 292 g/mol. The summed E-state index contributed by atoms with van der Waals surface area (Å²) in [6, 6.07) is 0. The lowest BCUT2D eigenvalue weighted by Gasteiger charge is -2.18. The first kappa shape index (κ1) is 20.8. The van der Waals surface area contributed by atoms with Crippen LogP contribution in [0.25, 0.3) is 0 Å². The maximum absolute atomic E-state index is 9.63. The Hall–Kier alpha value is -1.22. The molecule has 2 aliphatic heterocycles. The predicted molar refractivity (Wildman–Crippen MR) is 73.0 cm³/mol. The number of aliphatic hydroxyl groups excluding tert-OH is 2. The van der Waals surface area contributed by atoms with Gasteiger partial charge >= 0.3 is 0 Å². The zero-order valence-electron chi connectivity index (χ0n) is 12.9. The first-order valence-corrected chi connectivity index (χ1v) is 7.88. The van der Waals surface area contributed by atoms with Gasteiger partial charge in [-0.25, -0.2) is 0 Å². The SMILES string of the molecule is C1CC[NH2+]CC1.C1CC[NH2+]CC1.O=C([O-])C(O)C(O)C(=O)[O-]. The van der Waals surface area contributed by atoms with Crippen molar-refractivity contribution < 1.29 is 40.6 Å². The number of quaternary nitrogens is 2. The third-order valence-corrected chi connectivity index (χ3v) is 3.42. The quantitative estimate of drug-likeness (QED) is 0.407. The average Bonchev–Trinajstić information content (AvgIpc) is 2.57. The zero-order valence-corrected chi connectivity index (χ0v) is 12.9. The fraction of sp³-hybridized carbons (Fsp3) is 0.857. The molecule has 0 aromatic heterocycles. The van der Waals surface area contributed by atoms with Gasteiger partial charge in [-0.2, -0.15) is 0 Å². The normalized spacial score (nSPS) is 20.3. The molecule has 2 heterocycles. The van der Waals surface area contributed by atoms with Crippen molar-refractivity contribution in [1.29, 1.82) is 0 Å². The highest BCUT2D eigenvalue weighted by Gasteiger charge is 2.17. The van der Waals surface area contributed by atoms with Crippen molar-refractivity contribution in [3.05, 3.63) is 0 Å². The molecular formula is C14H28N2O6. The van der Waals surface area contributed by atoms with Gasteiger partial charge < -0.3 is 40.6 Å². The van der Waals surface area contributed by atoms with Crippen LogP contribution < -0.4 is 20.8 Å². The number of carboxylic acids is 2. The minimum absolute atomic E-state index is 1.38. The van der Waals surface area contributed by atoms with Crippen LogP contribution in [-0.4, -0.2) is 60.5 Å². The van der Waals surface area contributed by atoms with Crippen LogP contribution in [0.3, 0.4) is 0 Å². The molecule has 8 heteroatoms. The molecule has 22 heavy (non-hydrogen) atoms. The van der Waals surface area contributed by atoms with E-state index < -0.39 is 24.1 Å². The minimum atomic E-state index is -2.44. The van der Waals surface area contributed by atoms with Gasteiger partial charge in [0.2, 0.25) is 0 Å². The topological polar surface area (TPSA) is 154 Å². The molecule has 0 aromatic rings. The minimum Gasteiger partial charge on any atom is -0.547 e. The van der Waals surface area contributed by atoms with Crippen molar-refractivity contribution in [3.8, 4) is 0 Å². The summed E-state index contributed by atoms with van der Waals surface area (Å²) in [6.45, 7) is 5.50. The van der Waals surface area contributed by atoms with Gasteiger partial charge in [0.25, 0.3) is 0 Å². The summed E-state index contributed by atoms with van der Waals surface area (Å²) in [5.41, 5.74) is 0. The maximum atomic E-state index is 9.63. The van der Waals surface area contributed by atoms with E-state index in [0.29, 0.717) is 0 Å². The van der Waals surface area contributed by atoms with E-state index in [1.165, 1.54) is 64.7 Å². The van der Waals surface area contributed by atoms with E-state index in [1.807, 2.05) is 0 Å². The monoisotopic (exact) mass is 320 g/mol. The van der Waals surface area contributed by atoms with E-state index in [1.54, 1.807) is 0 Å². The summed E-state index contributed by atoms with van der Waals surface area (Å²) in [5.74, 6) is -4.12. The highest BCUT2D eigenvalue weighted by molar-refractivity contribution is 5.80. The summed E-state index contributed by atoms with van der Waals surface area (Å²) in [6.07, 6.45) is 3.84. The van der Waals surface area contributed by atoms with Crippen LogP contribution in [0.15, 0.2) is 0 Å². The van der Waals surface area contributed by atoms with E-state index in [2.05, 4.69) is 10.6 Å². The molecule has 0 saturated carbocycles. The molecule has 0 bridgehead atoms. The summed E-state index contributed by atoms with van der Waals surface area (Å²) in [4.78, 5) is 19.3. The van der Waals surface area contributed by atoms with Crippen LogP contribution in [0.5, 0.6) is 0 Å². The second-order valence-corrected chi connectivity index (χ2v) is 5.38. The number of nitrogens with two attached hydrogens (primary N) is 2. The number of hydrogen-bond acceptors (Lipinski definition) is 6. The molecule has 2 aliphatic rings. The second kappa shape index (κ2) is 13.4. The van der Waals surface area contributed by atoms with Gasteiger partial charge in [0.05, 0.1) is 38.1 Å². The molecule has 2 fully saturated rings. The highest BCUT2D eigenvalue weighted by atomic mass is 16.4. The molecule has 0 aliphatic carbocycles. The van der Waals surface area contributed by atoms with Crippen molar-refractivity contribution in [1.82, 2.24) is 0 Å². The third-order valence-electron chi connectivity index (χ3n) is 3.42. The van der Waals surface area contributed by atoms with E-state index in [4.69, 9.17) is 10.2 Å². The first-order valence-electron chi connectivity index (χ1n) is 7.88. The Balaban J connectivity index is 0.000000315. The van der Waals surface area contributed by atoms with E-state index >= 15 is 0 Å². The van der Waals surface area contributed by atoms with Gasteiger partial charge in [-0.1, -0.05) is 0 Å². The number of aliphatic hydroxyl groups is 2. The molecule has 2 saturated heterocycles. The third kappa shape index (κ3) is 11.4. The summed E-state index contributed by atoms with van der Waals surface area (Å²) in [7, 11) is 0. The van der Waals surface area contributed by atoms with Gasteiger partial charge in [-0.05, 0) is 38.5 Å². The fourth-order valence-electron chi connectivity index (χ4n) is 2.05. The number of hydrogen-bond donors (Lipinski definition) is 4. The van der Waals surface area contributed by atoms with Crippen LogP contribution in [0, 0.1) is 0 Å². The van der Waals surface area contributed by atoms with Crippen LogP contribution in [0.1, 0.15) is 38.5 Å². The second-order valence-electron chi connectivity index (χ2n) is 5.38. The number of carboxylic acid groups (broad SMARTS) is 2. The average molecular weight is 320 g/mol. The Morgan fingerprint density at radius 1 is 0.682 bits per heavy atom. The Morgan fingerprint density at radius 3 is 1.05 bits per heavy atom. The van der Waals surface area contributed by atoms with Crippen molar-refractivity contribution >= 4 is 11.9 Å². The smallest absolute Gasteiger partial charge is 0.124 e. The molecule has 0 amide bonds. The lowest BCUT2D eigenvalue weighted by molar-refractivity contribution is -0.662. The predicted octanol–water partition coefficient (Wildman–Crippen LogP) is -5.32. The van der Waals surface area contributed by atoms with E-state index in [9.17, 15) is 19.8 Å². The largest absolute Gasteiger partial charge is 0.547 e. The molecule has 8 nitrogen and oxygen atoms in total. The summed E-state index contributed by atoms with van der Waals surface area (Å²) >= 11 is 0. The van der Waals surface area contributed by atoms with Crippen LogP contribution >= 0.6 is 0 Å². The molecule has 130 valence electrons. The van der Waals surface area contributed by atoms with Gasteiger partial charge in [-0.3, -0.25) is 0 Å². The Bertz CT molecular complexity index is 253. The number of rotatable bonds is 3. The zero-order chi connectivity index (χ0) is 16.8. The molecule has 2 atom stereocenters. The van der Waals surface area contributed by atoms with Crippen LogP contribution in [0.2, 0.25) is 0 Å². The standard InChI is InChI=1S/2C5H11N.C4H6O6/c2*1-2-4-6-5-3-1;5-1(3(7)8)2(6)4(9)10/h2*6H,1-5H2;1-2,5-6H,(H,7,8)(H,9,10). The fourth-order valence-corrected chi connectivity index (χ4v) is 2.05. The lowest BCUT2D eigenvalue weighted by Crippen LogP contribution is -2.85. The van der Waals surface area contributed by atoms with E-state index in [0.717, 1.165) is 0 Å². The van der Waals surface area contributed by atoms with E-state index in [-0.39, 0.29) is 0 Å². The Morgan fingerprint density at radius 2 is 0.955 bits per heavy atom. The molecule has 0 aromatic carbocycles. The molecule has 2 unspecified atom stereocenters. The number of carbonyl (C=O) groups is 2. The van der Waals surface area contributed by atoms with Gasteiger partial charge in [0.1, 0.15) is 12.2 Å². The van der Waals surface area contributed by atoms with Crippen molar-refractivity contribution in [2.75, 3.05) is 26.2 Å². The maximum Gasteiger partial charge on any atom is 0.124 e. The molecule has 2 rings (SSSR count). The lowest BCUT2D eigenvalue weighted by atomic mass is 10.2. The van der Waals surface area contributed by atoms with Gasteiger partial charge in [-0.15, -0.1) is 0 Å². The first-order chi connectivity index (χ1) is 10.5. The number of carbonyl (C=O) groups excluding carboxylic acids is 2. The van der Waals surface area contributed by atoms with Crippen molar-refractivity contribution in [3.63, 3.8) is 0 Å². The molecule has 0 spiro atoms. The van der Waals surface area contributed by atoms with Gasteiger partial charge in [0.15, 0.2) is 0 Å². The Labute approximate surface area is 130 Å². The van der Waals surface area contributed by atoms with Gasteiger partial charge in [0, 0.05) is 0 Å². The van der Waals surface area contributed by atoms with Crippen LogP contribution in [-0.2, 0) is 9.59 Å². The summed E-state index contributed by atoms with van der Waals surface area (Å²) in [5, 5.41) is 40.5. The highest BCUT2D eigenvalue weighted by Crippen LogP contribution is 1.92. The number of piperidine rings is 2. The van der Waals surface area contributed by atoms with Crippen molar-refractivity contribution in [2.45, 2.75) is 50.7 Å². The number of aliphatic carboxylic acids is 2.